The number of halogens is 1. The Bertz CT molecular complexity index is 778. The van der Waals surface area contributed by atoms with Gasteiger partial charge in [0.05, 0.1) is 0 Å². The van der Waals surface area contributed by atoms with Gasteiger partial charge in [-0.2, -0.15) is 0 Å². The molecule has 2 N–H and O–H groups in total. The summed E-state index contributed by atoms with van der Waals surface area (Å²) in [4.78, 5) is 15.5. The van der Waals surface area contributed by atoms with Crippen molar-refractivity contribution in [2.24, 2.45) is 0 Å². The summed E-state index contributed by atoms with van der Waals surface area (Å²) in [7, 11) is 0. The van der Waals surface area contributed by atoms with Gasteiger partial charge >= 0.3 is 0 Å². The van der Waals surface area contributed by atoms with Crippen LogP contribution >= 0.6 is 11.6 Å². The van der Waals surface area contributed by atoms with Crippen molar-refractivity contribution in [2.45, 2.75) is 6.92 Å². The summed E-state index contributed by atoms with van der Waals surface area (Å²) in [6.07, 6.45) is 0. The van der Waals surface area contributed by atoms with Crippen LogP contribution < -0.4 is 5.32 Å². The maximum atomic E-state index is 12.3. The first-order chi connectivity index (χ1) is 9.65. The van der Waals surface area contributed by atoms with E-state index in [4.69, 9.17) is 11.6 Å². The Labute approximate surface area is 121 Å². The molecule has 20 heavy (non-hydrogen) atoms. The van der Waals surface area contributed by atoms with E-state index in [1.807, 2.05) is 49.4 Å². The minimum Gasteiger partial charge on any atom is -0.350 e. The van der Waals surface area contributed by atoms with Gasteiger partial charge in [0.25, 0.3) is 5.91 Å². The van der Waals surface area contributed by atoms with E-state index in [9.17, 15) is 4.79 Å². The van der Waals surface area contributed by atoms with Crippen molar-refractivity contribution in [3.8, 4) is 0 Å². The first-order valence-electron chi connectivity index (χ1n) is 6.29. The Kier molecular flexibility index (Phi) is 3.20. The predicted octanol–water partition coefficient (Wildman–Crippen LogP) is 4.38. The van der Waals surface area contributed by atoms with Gasteiger partial charge in [-0.3, -0.25) is 4.79 Å². The van der Waals surface area contributed by atoms with Crippen LogP contribution in [0.1, 0.15) is 16.1 Å². The normalized spacial score (nSPS) is 10.7. The lowest BCUT2D eigenvalue weighted by atomic mass is 10.1. The third kappa shape index (κ3) is 2.28. The van der Waals surface area contributed by atoms with Crippen LogP contribution in [0.2, 0.25) is 5.02 Å². The average Bonchev–Trinajstić information content (AvgIpc) is 2.77. The fraction of sp³-hybridized carbons (Fsp3) is 0.0625. The molecule has 0 fully saturated rings. The Morgan fingerprint density at radius 2 is 1.90 bits per heavy atom. The van der Waals surface area contributed by atoms with Gasteiger partial charge in [-0.05, 0) is 42.8 Å². The molecule has 4 heteroatoms. The number of hydrogen-bond donors (Lipinski definition) is 2. The number of anilines is 1. The molecule has 0 saturated carbocycles. The standard InChI is InChI=1S/C16H13ClN2O/c1-10-13-9-11(17)7-8-14(13)19-15(10)16(20)18-12-5-3-2-4-6-12/h2-9,19H,1H3,(H,18,20). The second-order valence-electron chi connectivity index (χ2n) is 4.64. The van der Waals surface area contributed by atoms with Crippen molar-refractivity contribution >= 4 is 34.1 Å². The fourth-order valence-electron chi connectivity index (χ4n) is 2.24. The third-order valence-corrected chi connectivity index (χ3v) is 3.51. The summed E-state index contributed by atoms with van der Waals surface area (Å²) < 4.78 is 0. The first-order valence-corrected chi connectivity index (χ1v) is 6.67. The zero-order valence-corrected chi connectivity index (χ0v) is 11.7. The second-order valence-corrected chi connectivity index (χ2v) is 5.07. The first kappa shape index (κ1) is 12.8. The Hall–Kier alpha value is -2.26. The SMILES string of the molecule is Cc1c(C(=O)Nc2ccccc2)[nH]c2ccc(Cl)cc12. The Morgan fingerprint density at radius 3 is 2.65 bits per heavy atom. The van der Waals surface area contributed by atoms with Crippen molar-refractivity contribution in [3.63, 3.8) is 0 Å². The molecule has 1 heterocycles. The highest BCUT2D eigenvalue weighted by molar-refractivity contribution is 6.31. The molecule has 1 amide bonds. The van der Waals surface area contributed by atoms with Crippen molar-refractivity contribution in [1.29, 1.82) is 0 Å². The number of benzene rings is 2. The van der Waals surface area contributed by atoms with E-state index < -0.39 is 0 Å². The third-order valence-electron chi connectivity index (χ3n) is 3.28. The van der Waals surface area contributed by atoms with Crippen LogP contribution in [0, 0.1) is 6.92 Å². The average molecular weight is 285 g/mol. The Balaban J connectivity index is 1.98. The van der Waals surface area contributed by atoms with Crippen molar-refractivity contribution < 1.29 is 4.79 Å². The van der Waals surface area contributed by atoms with Crippen molar-refractivity contribution in [2.75, 3.05) is 5.32 Å². The van der Waals surface area contributed by atoms with Crippen molar-refractivity contribution in [1.82, 2.24) is 4.98 Å². The maximum absolute atomic E-state index is 12.3. The lowest BCUT2D eigenvalue weighted by Crippen LogP contribution is -2.13. The smallest absolute Gasteiger partial charge is 0.272 e. The minimum atomic E-state index is -0.152. The monoisotopic (exact) mass is 284 g/mol. The van der Waals surface area contributed by atoms with E-state index in [2.05, 4.69) is 10.3 Å². The molecule has 1 aromatic heterocycles. The predicted molar refractivity (Wildman–Crippen MR) is 82.4 cm³/mol. The molecule has 0 spiro atoms. The van der Waals surface area contributed by atoms with Gasteiger partial charge in [0, 0.05) is 21.6 Å². The lowest BCUT2D eigenvalue weighted by Gasteiger charge is -2.04. The number of aromatic amines is 1. The molecule has 3 rings (SSSR count). The molecule has 100 valence electrons. The molecule has 0 aliphatic carbocycles. The van der Waals surface area contributed by atoms with Gasteiger partial charge < -0.3 is 10.3 Å². The molecular weight excluding hydrogens is 272 g/mol. The number of fused-ring (bicyclic) bond motifs is 1. The molecular formula is C16H13ClN2O. The van der Waals surface area contributed by atoms with Crippen LogP contribution in [0.5, 0.6) is 0 Å². The van der Waals surface area contributed by atoms with Crippen LogP contribution in [0.15, 0.2) is 48.5 Å². The summed E-state index contributed by atoms with van der Waals surface area (Å²) >= 11 is 5.99. The van der Waals surface area contributed by atoms with Crippen LogP contribution in [0.25, 0.3) is 10.9 Å². The number of aryl methyl sites for hydroxylation is 1. The van der Waals surface area contributed by atoms with Crippen LogP contribution in [-0.2, 0) is 0 Å². The molecule has 0 aliphatic heterocycles. The summed E-state index contributed by atoms with van der Waals surface area (Å²) in [5.41, 5.74) is 3.14. The number of aromatic nitrogens is 1. The summed E-state index contributed by atoms with van der Waals surface area (Å²) in [6, 6.07) is 14.9. The number of para-hydroxylation sites is 1. The molecule has 0 atom stereocenters. The molecule has 0 aliphatic rings. The van der Waals surface area contributed by atoms with Crippen LogP contribution in [-0.4, -0.2) is 10.9 Å². The highest BCUT2D eigenvalue weighted by Gasteiger charge is 2.14. The summed E-state index contributed by atoms with van der Waals surface area (Å²) in [6.45, 7) is 1.91. The lowest BCUT2D eigenvalue weighted by molar-refractivity contribution is 0.102. The Morgan fingerprint density at radius 1 is 1.15 bits per heavy atom. The quantitative estimate of drug-likeness (QED) is 0.720. The molecule has 0 radical (unpaired) electrons. The number of H-pyrrole nitrogens is 1. The zero-order valence-electron chi connectivity index (χ0n) is 10.9. The summed E-state index contributed by atoms with van der Waals surface area (Å²) in [5.74, 6) is -0.152. The number of carbonyl (C=O) groups excluding carboxylic acids is 1. The number of carbonyl (C=O) groups is 1. The van der Waals surface area contributed by atoms with Gasteiger partial charge in [-0.25, -0.2) is 0 Å². The van der Waals surface area contributed by atoms with Gasteiger partial charge in [0.15, 0.2) is 0 Å². The molecule has 0 saturated heterocycles. The fourth-order valence-corrected chi connectivity index (χ4v) is 2.41. The van der Waals surface area contributed by atoms with E-state index in [1.54, 1.807) is 6.07 Å². The van der Waals surface area contributed by atoms with Gasteiger partial charge in [0.2, 0.25) is 0 Å². The van der Waals surface area contributed by atoms with Crippen LogP contribution in [0.4, 0.5) is 5.69 Å². The van der Waals surface area contributed by atoms with E-state index in [0.29, 0.717) is 10.7 Å². The molecule has 0 unspecified atom stereocenters. The zero-order chi connectivity index (χ0) is 14.1. The van der Waals surface area contributed by atoms with Crippen molar-refractivity contribution in [3.05, 3.63) is 64.8 Å². The molecule has 0 bridgehead atoms. The number of hydrogen-bond acceptors (Lipinski definition) is 1. The van der Waals surface area contributed by atoms with E-state index in [0.717, 1.165) is 22.2 Å². The van der Waals surface area contributed by atoms with E-state index in [1.165, 1.54) is 0 Å². The number of rotatable bonds is 2. The van der Waals surface area contributed by atoms with E-state index >= 15 is 0 Å². The number of amides is 1. The minimum absolute atomic E-state index is 0.152. The van der Waals surface area contributed by atoms with Gasteiger partial charge in [-0.15, -0.1) is 0 Å². The van der Waals surface area contributed by atoms with E-state index in [-0.39, 0.29) is 5.91 Å². The second kappa shape index (κ2) is 5.02. The molecule has 3 aromatic rings. The molecule has 3 nitrogen and oxygen atoms in total. The number of nitrogens with one attached hydrogen (secondary N) is 2. The highest BCUT2D eigenvalue weighted by Crippen LogP contribution is 2.25. The molecule has 2 aromatic carbocycles. The maximum Gasteiger partial charge on any atom is 0.272 e. The topological polar surface area (TPSA) is 44.9 Å². The van der Waals surface area contributed by atoms with Crippen LogP contribution in [0.3, 0.4) is 0 Å². The largest absolute Gasteiger partial charge is 0.350 e. The summed E-state index contributed by atoms with van der Waals surface area (Å²) in [5, 5.41) is 4.50. The van der Waals surface area contributed by atoms with Gasteiger partial charge in [-0.1, -0.05) is 29.8 Å². The van der Waals surface area contributed by atoms with Gasteiger partial charge in [0.1, 0.15) is 5.69 Å². The highest BCUT2D eigenvalue weighted by atomic mass is 35.5.